The number of ether oxygens (including phenoxy) is 2. The molecule has 57 heavy (non-hydrogen) atoms. The van der Waals surface area contributed by atoms with Crippen molar-refractivity contribution >= 4 is 23.6 Å². The van der Waals surface area contributed by atoms with Crippen LogP contribution in [0.15, 0.2) is 133 Å². The second-order valence-electron chi connectivity index (χ2n) is 15.6. The van der Waals surface area contributed by atoms with Gasteiger partial charge < -0.3 is 9.47 Å². The molecule has 0 N–H and O–H groups in total. The molecule has 0 unspecified atom stereocenters. The predicted octanol–water partition coefficient (Wildman–Crippen LogP) is 10.0. The molecule has 4 amide bonds. The van der Waals surface area contributed by atoms with Crippen LogP contribution in [0.3, 0.4) is 0 Å². The summed E-state index contributed by atoms with van der Waals surface area (Å²) in [5, 5.41) is 0. The van der Waals surface area contributed by atoms with E-state index in [1.807, 2.05) is 24.3 Å². The molecule has 0 radical (unpaired) electrons. The van der Waals surface area contributed by atoms with E-state index in [1.165, 1.54) is 11.9 Å². The van der Waals surface area contributed by atoms with E-state index < -0.39 is 5.41 Å². The number of fused-ring (bicyclic) bond motifs is 5. The highest BCUT2D eigenvalue weighted by atomic mass is 16.5. The lowest BCUT2D eigenvalue weighted by Crippen LogP contribution is -2.41. The maximum Gasteiger partial charge on any atom is 0.261 e. The lowest BCUT2D eigenvalue weighted by Gasteiger charge is -2.34. The third-order valence-electron chi connectivity index (χ3n) is 12.3. The van der Waals surface area contributed by atoms with Gasteiger partial charge in [-0.15, -0.1) is 0 Å². The summed E-state index contributed by atoms with van der Waals surface area (Å²) in [6.07, 6.45) is 3.72. The van der Waals surface area contributed by atoms with Crippen molar-refractivity contribution in [2.45, 2.75) is 44.1 Å². The Balaban J connectivity index is 0.972. The van der Waals surface area contributed by atoms with E-state index in [1.54, 1.807) is 36.4 Å². The van der Waals surface area contributed by atoms with Gasteiger partial charge in [0.1, 0.15) is 23.0 Å². The van der Waals surface area contributed by atoms with Crippen molar-refractivity contribution in [3.05, 3.63) is 178 Å². The van der Waals surface area contributed by atoms with Crippen molar-refractivity contribution in [3.63, 3.8) is 0 Å². The zero-order valence-corrected chi connectivity index (χ0v) is 31.5. The summed E-state index contributed by atoms with van der Waals surface area (Å²) in [6.45, 7) is 2.22. The van der Waals surface area contributed by atoms with Gasteiger partial charge in [-0.05, 0) is 126 Å². The molecule has 0 atom stereocenters. The molecule has 0 bridgehead atoms. The van der Waals surface area contributed by atoms with Gasteiger partial charge in [-0.1, -0.05) is 79.7 Å². The molecule has 1 saturated carbocycles. The van der Waals surface area contributed by atoms with E-state index in [0.29, 0.717) is 51.2 Å². The second kappa shape index (κ2) is 13.2. The van der Waals surface area contributed by atoms with Crippen LogP contribution in [-0.4, -0.2) is 46.5 Å². The topological polar surface area (TPSA) is 93.2 Å². The Kier molecular flexibility index (Phi) is 8.00. The Hall–Kier alpha value is -6.80. The van der Waals surface area contributed by atoms with Crippen LogP contribution < -0.4 is 9.47 Å². The molecule has 8 nitrogen and oxygen atoms in total. The number of rotatable bonds is 7. The number of hydrogen-bond acceptors (Lipinski definition) is 6. The summed E-state index contributed by atoms with van der Waals surface area (Å²) in [5.41, 5.74) is 7.56. The molecular weight excluding hydrogens is 713 g/mol. The van der Waals surface area contributed by atoms with Gasteiger partial charge >= 0.3 is 0 Å². The highest BCUT2D eigenvalue weighted by Gasteiger charge is 2.46. The van der Waals surface area contributed by atoms with Crippen LogP contribution in [0.1, 0.15) is 96.3 Å². The molecule has 0 aromatic heterocycles. The normalized spacial score (nSPS) is 19.0. The molecule has 10 rings (SSSR count). The van der Waals surface area contributed by atoms with Crippen molar-refractivity contribution in [1.82, 2.24) is 9.80 Å². The molecule has 6 aromatic carbocycles. The van der Waals surface area contributed by atoms with Gasteiger partial charge in [0, 0.05) is 13.1 Å². The SMILES string of the molecule is CC1CCC(N2C(=O)c3ccc(Oc4ccc(C5(c6ccc(Oc7ccc8c(c7)C(=O)N(C)C8=O)cc6)c6ccccc6-c6ccccc65)cc4)cc3C2=O)CC1. The number of carbonyl (C=O) groups is 4. The molecule has 4 aliphatic rings. The smallest absolute Gasteiger partial charge is 0.261 e. The highest BCUT2D eigenvalue weighted by molar-refractivity contribution is 6.22. The van der Waals surface area contributed by atoms with Gasteiger partial charge in [-0.2, -0.15) is 0 Å². The lowest BCUT2D eigenvalue weighted by molar-refractivity contribution is 0.0532. The fraction of sp³-hybridized carbons (Fsp3) is 0.184. The predicted molar refractivity (Wildman–Crippen MR) is 215 cm³/mol. The molecule has 2 heterocycles. The van der Waals surface area contributed by atoms with E-state index in [0.717, 1.165) is 64.0 Å². The highest BCUT2D eigenvalue weighted by Crippen LogP contribution is 2.56. The molecule has 6 aromatic rings. The standard InChI is InChI=1S/C49H38N2O6/c1-29-11-17-32(18-12-29)51-47(54)40-26-24-36(28-42(40)48(51)55)57-34-21-15-31(16-22-34)49(43-9-5-3-7-37(43)38-8-4-6-10-44(38)49)30-13-19-33(20-14-30)56-35-23-25-39-41(27-35)46(53)50(2)45(39)52/h3-10,13-16,19-29,32H,11-12,17-18H2,1-2H3. The minimum absolute atomic E-state index is 0.0561. The monoisotopic (exact) mass is 750 g/mol. The minimum Gasteiger partial charge on any atom is -0.457 e. The van der Waals surface area contributed by atoms with E-state index in [-0.39, 0.29) is 29.7 Å². The van der Waals surface area contributed by atoms with Gasteiger partial charge in [0.05, 0.1) is 27.7 Å². The molecule has 0 spiro atoms. The summed E-state index contributed by atoms with van der Waals surface area (Å²) in [7, 11) is 1.48. The van der Waals surface area contributed by atoms with E-state index >= 15 is 0 Å². The van der Waals surface area contributed by atoms with Crippen LogP contribution in [0.4, 0.5) is 0 Å². The first-order valence-corrected chi connectivity index (χ1v) is 19.5. The lowest BCUT2D eigenvalue weighted by atomic mass is 9.68. The van der Waals surface area contributed by atoms with Crippen LogP contribution in [0, 0.1) is 5.92 Å². The first kappa shape index (κ1) is 34.7. The quantitative estimate of drug-likeness (QED) is 0.151. The van der Waals surface area contributed by atoms with Crippen molar-refractivity contribution in [2.75, 3.05) is 7.05 Å². The number of imide groups is 2. The Morgan fingerprint density at radius 2 is 0.895 bits per heavy atom. The number of hydrogen-bond donors (Lipinski definition) is 0. The maximum atomic E-state index is 13.6. The molecule has 2 aliphatic carbocycles. The molecule has 0 saturated heterocycles. The second-order valence-corrected chi connectivity index (χ2v) is 15.6. The Morgan fingerprint density at radius 1 is 0.474 bits per heavy atom. The van der Waals surface area contributed by atoms with Crippen LogP contribution in [-0.2, 0) is 5.41 Å². The number of benzene rings is 6. The van der Waals surface area contributed by atoms with Crippen LogP contribution >= 0.6 is 0 Å². The first-order valence-electron chi connectivity index (χ1n) is 19.5. The molecule has 8 heteroatoms. The van der Waals surface area contributed by atoms with Gasteiger partial charge in [0.25, 0.3) is 23.6 Å². The summed E-state index contributed by atoms with van der Waals surface area (Å²) >= 11 is 0. The zero-order valence-electron chi connectivity index (χ0n) is 31.5. The average molecular weight is 751 g/mol. The minimum atomic E-state index is -0.671. The summed E-state index contributed by atoms with van der Waals surface area (Å²) in [4.78, 5) is 54.5. The molecule has 2 aliphatic heterocycles. The molecule has 1 fully saturated rings. The third kappa shape index (κ3) is 5.35. The third-order valence-corrected chi connectivity index (χ3v) is 12.3. The fourth-order valence-corrected chi connectivity index (χ4v) is 9.38. The van der Waals surface area contributed by atoms with Crippen LogP contribution in [0.25, 0.3) is 11.1 Å². The Bertz CT molecular complexity index is 2610. The fourth-order valence-electron chi connectivity index (χ4n) is 9.38. The largest absolute Gasteiger partial charge is 0.457 e. The number of carbonyl (C=O) groups excluding carboxylic acids is 4. The maximum absolute atomic E-state index is 13.6. The van der Waals surface area contributed by atoms with Gasteiger partial charge in [-0.25, -0.2) is 0 Å². The average Bonchev–Trinajstić information content (AvgIpc) is 3.76. The van der Waals surface area contributed by atoms with Crippen molar-refractivity contribution in [1.29, 1.82) is 0 Å². The van der Waals surface area contributed by atoms with Crippen LogP contribution in [0.5, 0.6) is 23.0 Å². The number of nitrogens with zero attached hydrogens (tertiary/aromatic N) is 2. The number of amides is 4. The van der Waals surface area contributed by atoms with E-state index in [9.17, 15) is 19.2 Å². The van der Waals surface area contributed by atoms with Gasteiger partial charge in [0.2, 0.25) is 0 Å². The van der Waals surface area contributed by atoms with Crippen LogP contribution in [0.2, 0.25) is 0 Å². The van der Waals surface area contributed by atoms with Crippen molar-refractivity contribution in [2.24, 2.45) is 5.92 Å². The van der Waals surface area contributed by atoms with Gasteiger partial charge in [0.15, 0.2) is 0 Å². The first-order chi connectivity index (χ1) is 27.7. The Morgan fingerprint density at radius 3 is 1.42 bits per heavy atom. The van der Waals surface area contributed by atoms with E-state index in [2.05, 4.69) is 79.7 Å². The van der Waals surface area contributed by atoms with Gasteiger partial charge in [-0.3, -0.25) is 29.0 Å². The summed E-state index contributed by atoms with van der Waals surface area (Å²) in [6, 6.07) is 43.1. The van der Waals surface area contributed by atoms with E-state index in [4.69, 9.17) is 9.47 Å². The Labute approximate surface area is 330 Å². The molecule has 280 valence electrons. The zero-order chi connectivity index (χ0) is 39.0. The summed E-state index contributed by atoms with van der Waals surface area (Å²) in [5.74, 6) is 1.66. The molecular formula is C49H38N2O6. The van der Waals surface area contributed by atoms with Crippen molar-refractivity contribution in [3.8, 4) is 34.1 Å². The summed E-state index contributed by atoms with van der Waals surface area (Å²) < 4.78 is 12.6. The van der Waals surface area contributed by atoms with Crippen molar-refractivity contribution < 1.29 is 28.7 Å².